The van der Waals surface area contributed by atoms with Crippen LogP contribution in [0, 0.1) is 5.92 Å². The Morgan fingerprint density at radius 2 is 2.04 bits per heavy atom. The number of hydrogen-bond donors (Lipinski definition) is 1. The average molecular weight is 387 g/mol. The minimum Gasteiger partial charge on any atom is -0.462 e. The van der Waals surface area contributed by atoms with Gasteiger partial charge in [0.2, 0.25) is 0 Å². The van der Waals surface area contributed by atoms with Gasteiger partial charge in [-0.05, 0) is 60.7 Å². The molecule has 2 aliphatic rings. The van der Waals surface area contributed by atoms with Crippen molar-refractivity contribution in [1.29, 1.82) is 0 Å². The highest BCUT2D eigenvalue weighted by atomic mass is 19.4. The molecule has 1 heterocycles. The fourth-order valence-electron chi connectivity index (χ4n) is 4.17. The molecule has 3 nitrogen and oxygen atoms in total. The van der Waals surface area contributed by atoms with Crippen LogP contribution in [0.4, 0.5) is 18.9 Å². The van der Waals surface area contributed by atoms with Gasteiger partial charge in [0.05, 0.1) is 23.8 Å². The largest absolute Gasteiger partial charge is 0.462 e. The summed E-state index contributed by atoms with van der Waals surface area (Å²) in [5.41, 5.74) is 2.28. The second-order valence-corrected chi connectivity index (χ2v) is 7.12. The minimum atomic E-state index is -4.37. The lowest BCUT2D eigenvalue weighted by molar-refractivity contribution is -0.137. The summed E-state index contributed by atoms with van der Waals surface area (Å²) >= 11 is 0. The van der Waals surface area contributed by atoms with Crippen LogP contribution in [0.3, 0.4) is 0 Å². The lowest BCUT2D eigenvalue weighted by Crippen LogP contribution is -2.29. The Labute approximate surface area is 161 Å². The number of esters is 1. The maximum Gasteiger partial charge on any atom is 0.416 e. The molecule has 0 saturated carbocycles. The van der Waals surface area contributed by atoms with E-state index in [-0.39, 0.29) is 23.8 Å². The number of hydrogen-bond acceptors (Lipinski definition) is 3. The summed E-state index contributed by atoms with van der Waals surface area (Å²) < 4.78 is 44.5. The van der Waals surface area contributed by atoms with Crippen molar-refractivity contribution in [2.24, 2.45) is 5.92 Å². The van der Waals surface area contributed by atoms with Crippen molar-refractivity contribution in [3.8, 4) is 0 Å². The third-order valence-electron chi connectivity index (χ3n) is 5.45. The molecule has 0 saturated heterocycles. The zero-order valence-corrected chi connectivity index (χ0v) is 15.3. The van der Waals surface area contributed by atoms with E-state index in [0.717, 1.165) is 23.7 Å². The zero-order valence-electron chi connectivity index (χ0n) is 15.3. The van der Waals surface area contributed by atoms with Crippen LogP contribution in [0.15, 0.2) is 54.6 Å². The highest BCUT2D eigenvalue weighted by Crippen LogP contribution is 2.50. The SMILES string of the molecule is CCOC(=O)c1ccc2c(c1)[C@@H]1C=CC[C@H]1[C@H](c1cccc(C(F)(F)F)c1)N2. The molecule has 146 valence electrons. The number of benzene rings is 2. The number of nitrogens with one attached hydrogen (secondary N) is 1. The highest BCUT2D eigenvalue weighted by molar-refractivity contribution is 5.90. The number of fused-ring (bicyclic) bond motifs is 3. The van der Waals surface area contributed by atoms with E-state index in [1.54, 1.807) is 19.1 Å². The Morgan fingerprint density at radius 1 is 1.21 bits per heavy atom. The third kappa shape index (κ3) is 3.28. The smallest absolute Gasteiger partial charge is 0.416 e. The van der Waals surface area contributed by atoms with Gasteiger partial charge in [-0.3, -0.25) is 0 Å². The van der Waals surface area contributed by atoms with Crippen molar-refractivity contribution in [3.05, 3.63) is 76.9 Å². The quantitative estimate of drug-likeness (QED) is 0.542. The molecule has 0 fully saturated rings. The molecule has 28 heavy (non-hydrogen) atoms. The molecule has 0 spiro atoms. The molecule has 2 aromatic rings. The van der Waals surface area contributed by atoms with E-state index in [4.69, 9.17) is 4.74 Å². The predicted molar refractivity (Wildman–Crippen MR) is 100 cm³/mol. The summed E-state index contributed by atoms with van der Waals surface area (Å²) in [6.07, 6.45) is 0.537. The summed E-state index contributed by atoms with van der Waals surface area (Å²) in [5.74, 6) is -0.234. The maximum atomic E-state index is 13.1. The summed E-state index contributed by atoms with van der Waals surface area (Å²) in [7, 11) is 0. The first-order chi connectivity index (χ1) is 13.4. The summed E-state index contributed by atoms with van der Waals surface area (Å²) in [5, 5.41) is 3.40. The van der Waals surface area contributed by atoms with Gasteiger partial charge >= 0.3 is 12.1 Å². The van der Waals surface area contributed by atoms with Gasteiger partial charge in [-0.15, -0.1) is 0 Å². The molecular weight excluding hydrogens is 367 g/mol. The number of alkyl halides is 3. The molecule has 0 aromatic heterocycles. The minimum absolute atomic E-state index is 0.0465. The summed E-state index contributed by atoms with van der Waals surface area (Å²) in [6, 6.07) is 10.6. The van der Waals surface area contributed by atoms with Crippen molar-refractivity contribution in [2.45, 2.75) is 31.5 Å². The Kier molecular flexibility index (Phi) is 4.65. The maximum absolute atomic E-state index is 13.1. The molecule has 1 aliphatic heterocycles. The standard InChI is InChI=1S/C22H20F3NO2/c1-2-28-21(27)14-9-10-19-18(12-14)16-7-4-8-17(16)20(26-19)13-5-3-6-15(11-13)22(23,24)25/h3-7,9-12,16-17,20,26H,2,8H2,1H3/t16-,17-,20+/m1/s1. The number of ether oxygens (including phenoxy) is 1. The van der Waals surface area contributed by atoms with Gasteiger partial charge in [0, 0.05) is 11.6 Å². The van der Waals surface area contributed by atoms with Crippen LogP contribution >= 0.6 is 0 Å². The highest BCUT2D eigenvalue weighted by Gasteiger charge is 2.39. The molecule has 1 N–H and O–H groups in total. The average Bonchev–Trinajstić information content (AvgIpc) is 3.17. The topological polar surface area (TPSA) is 38.3 Å². The fraction of sp³-hybridized carbons (Fsp3) is 0.318. The van der Waals surface area contributed by atoms with E-state index < -0.39 is 11.7 Å². The van der Waals surface area contributed by atoms with E-state index in [9.17, 15) is 18.0 Å². The molecule has 1 aliphatic carbocycles. The van der Waals surface area contributed by atoms with Gasteiger partial charge in [0.25, 0.3) is 0 Å². The molecular formula is C22H20F3NO2. The van der Waals surface area contributed by atoms with Gasteiger partial charge in [-0.1, -0.05) is 24.3 Å². The third-order valence-corrected chi connectivity index (χ3v) is 5.45. The van der Waals surface area contributed by atoms with Crippen LogP contribution in [-0.4, -0.2) is 12.6 Å². The Bertz CT molecular complexity index is 936. The fourth-order valence-corrected chi connectivity index (χ4v) is 4.17. The van der Waals surface area contributed by atoms with Crippen LogP contribution < -0.4 is 5.32 Å². The van der Waals surface area contributed by atoms with Crippen LogP contribution in [0.25, 0.3) is 0 Å². The van der Waals surface area contributed by atoms with E-state index >= 15 is 0 Å². The number of halogens is 3. The number of allylic oxidation sites excluding steroid dienone is 2. The molecule has 4 rings (SSSR count). The summed E-state index contributed by atoms with van der Waals surface area (Å²) in [4.78, 5) is 12.1. The van der Waals surface area contributed by atoms with Gasteiger partial charge in [-0.2, -0.15) is 13.2 Å². The van der Waals surface area contributed by atoms with Gasteiger partial charge < -0.3 is 10.1 Å². The zero-order chi connectivity index (χ0) is 19.9. The summed E-state index contributed by atoms with van der Waals surface area (Å²) in [6.45, 7) is 2.06. The first-order valence-corrected chi connectivity index (χ1v) is 9.30. The molecule has 2 aromatic carbocycles. The van der Waals surface area contributed by atoms with Crippen molar-refractivity contribution in [1.82, 2.24) is 0 Å². The Morgan fingerprint density at radius 3 is 2.79 bits per heavy atom. The molecule has 0 bridgehead atoms. The lowest BCUT2D eigenvalue weighted by atomic mass is 9.76. The van der Waals surface area contributed by atoms with Crippen LogP contribution in [0.5, 0.6) is 0 Å². The van der Waals surface area contributed by atoms with E-state index in [0.29, 0.717) is 17.7 Å². The number of anilines is 1. The second-order valence-electron chi connectivity index (χ2n) is 7.12. The van der Waals surface area contributed by atoms with E-state index in [2.05, 4.69) is 17.5 Å². The van der Waals surface area contributed by atoms with Gasteiger partial charge in [-0.25, -0.2) is 4.79 Å². The number of rotatable bonds is 3. The first-order valence-electron chi connectivity index (χ1n) is 9.30. The van der Waals surface area contributed by atoms with Crippen molar-refractivity contribution in [3.63, 3.8) is 0 Å². The number of carbonyl (C=O) groups excluding carboxylic acids is 1. The van der Waals surface area contributed by atoms with Crippen LogP contribution in [0.1, 0.15) is 52.4 Å². The van der Waals surface area contributed by atoms with Crippen LogP contribution in [0.2, 0.25) is 0 Å². The van der Waals surface area contributed by atoms with E-state index in [1.165, 1.54) is 12.1 Å². The van der Waals surface area contributed by atoms with Crippen molar-refractivity contribution in [2.75, 3.05) is 11.9 Å². The Hall–Kier alpha value is -2.76. The van der Waals surface area contributed by atoms with Gasteiger partial charge in [0.1, 0.15) is 0 Å². The Balaban J connectivity index is 1.71. The monoisotopic (exact) mass is 387 g/mol. The molecule has 0 amide bonds. The van der Waals surface area contributed by atoms with Crippen molar-refractivity contribution < 1.29 is 22.7 Å². The van der Waals surface area contributed by atoms with Crippen molar-refractivity contribution >= 4 is 11.7 Å². The van der Waals surface area contributed by atoms with E-state index in [1.807, 2.05) is 12.1 Å². The van der Waals surface area contributed by atoms with Crippen LogP contribution in [-0.2, 0) is 10.9 Å². The van der Waals surface area contributed by atoms with Gasteiger partial charge in [0.15, 0.2) is 0 Å². The predicted octanol–water partition coefficient (Wildman–Crippen LogP) is 5.71. The normalized spacial score (nSPS) is 22.9. The molecule has 3 atom stereocenters. The molecule has 0 unspecified atom stereocenters. The lowest BCUT2D eigenvalue weighted by Gasteiger charge is -2.38. The molecule has 6 heteroatoms. The first kappa shape index (κ1) is 18.6. The number of carbonyl (C=O) groups is 1. The second kappa shape index (κ2) is 7.00. The molecule has 0 radical (unpaired) electrons.